The van der Waals surface area contributed by atoms with Crippen LogP contribution in [0.4, 0.5) is 0 Å². The number of methoxy groups -OCH3 is 2. The fraction of sp³-hybridized carbons (Fsp3) is 0.300. The Hall–Kier alpha value is -2.73. The van der Waals surface area contributed by atoms with Crippen molar-refractivity contribution in [1.29, 1.82) is 0 Å². The van der Waals surface area contributed by atoms with Crippen molar-refractivity contribution >= 4 is 23.4 Å². The van der Waals surface area contributed by atoms with Gasteiger partial charge in [0.05, 0.1) is 26.8 Å². The summed E-state index contributed by atoms with van der Waals surface area (Å²) in [4.78, 5) is 24.5. The molecule has 0 saturated carbocycles. The Balaban J connectivity index is 1.56. The van der Waals surface area contributed by atoms with Crippen LogP contribution in [0.5, 0.6) is 11.5 Å². The van der Waals surface area contributed by atoms with Crippen LogP contribution in [0.15, 0.2) is 36.4 Å². The number of amides is 2. The molecule has 0 heterocycles. The van der Waals surface area contributed by atoms with Crippen molar-refractivity contribution in [3.05, 3.63) is 58.1 Å². The Bertz CT molecular complexity index is 869. The smallest absolute Gasteiger partial charge is 0.251 e. The molecular weight excluding hydrogens is 368 g/mol. The Morgan fingerprint density at radius 3 is 2.63 bits per heavy atom. The molecule has 0 bridgehead atoms. The molecule has 27 heavy (non-hydrogen) atoms. The average molecular weight is 389 g/mol. The largest absolute Gasteiger partial charge is 0.493 e. The van der Waals surface area contributed by atoms with E-state index in [1.807, 2.05) is 18.2 Å². The molecule has 0 fully saturated rings. The normalized spacial score (nSPS) is 15.0. The number of fused-ring (bicyclic) bond motifs is 1. The van der Waals surface area contributed by atoms with E-state index in [9.17, 15) is 9.59 Å². The molecule has 2 N–H and O–H groups in total. The number of nitrogens with one attached hydrogen (secondary N) is 2. The highest BCUT2D eigenvalue weighted by atomic mass is 35.5. The van der Waals surface area contributed by atoms with Gasteiger partial charge in [-0.3, -0.25) is 9.59 Å². The van der Waals surface area contributed by atoms with Gasteiger partial charge in [-0.15, -0.1) is 0 Å². The van der Waals surface area contributed by atoms with Gasteiger partial charge < -0.3 is 20.1 Å². The van der Waals surface area contributed by atoms with Crippen molar-refractivity contribution in [2.45, 2.75) is 18.9 Å². The van der Waals surface area contributed by atoms with Crippen LogP contribution in [-0.4, -0.2) is 32.6 Å². The summed E-state index contributed by atoms with van der Waals surface area (Å²) < 4.78 is 10.3. The number of carbonyl (C=O) groups is 2. The lowest BCUT2D eigenvalue weighted by Gasteiger charge is -2.15. The van der Waals surface area contributed by atoms with Crippen LogP contribution >= 0.6 is 11.6 Å². The Morgan fingerprint density at radius 2 is 1.89 bits per heavy atom. The summed E-state index contributed by atoms with van der Waals surface area (Å²) >= 11 is 6.01. The topological polar surface area (TPSA) is 76.7 Å². The van der Waals surface area contributed by atoms with Crippen LogP contribution < -0.4 is 20.1 Å². The zero-order valence-electron chi connectivity index (χ0n) is 15.2. The van der Waals surface area contributed by atoms with E-state index in [1.54, 1.807) is 18.2 Å². The predicted octanol–water partition coefficient (Wildman–Crippen LogP) is 2.89. The second-order valence-corrected chi connectivity index (χ2v) is 6.69. The third kappa shape index (κ3) is 4.34. The number of halogens is 1. The summed E-state index contributed by atoms with van der Waals surface area (Å²) in [5.41, 5.74) is 2.63. The first kappa shape index (κ1) is 19.0. The van der Waals surface area contributed by atoms with Gasteiger partial charge in [-0.25, -0.2) is 0 Å². The molecule has 2 aromatic rings. The number of aryl methyl sites for hydroxylation is 1. The fourth-order valence-corrected chi connectivity index (χ4v) is 3.42. The van der Waals surface area contributed by atoms with E-state index in [-0.39, 0.29) is 24.4 Å². The van der Waals surface area contributed by atoms with E-state index in [4.69, 9.17) is 21.1 Å². The quantitative estimate of drug-likeness (QED) is 0.797. The predicted molar refractivity (Wildman–Crippen MR) is 103 cm³/mol. The lowest BCUT2D eigenvalue weighted by molar-refractivity contribution is -0.120. The Morgan fingerprint density at radius 1 is 1.11 bits per heavy atom. The molecule has 0 saturated heterocycles. The first-order chi connectivity index (χ1) is 13.0. The van der Waals surface area contributed by atoms with Gasteiger partial charge in [0, 0.05) is 10.6 Å². The van der Waals surface area contributed by atoms with E-state index in [0.717, 1.165) is 24.0 Å². The minimum Gasteiger partial charge on any atom is -0.493 e. The fourth-order valence-electron chi connectivity index (χ4n) is 3.22. The lowest BCUT2D eigenvalue weighted by Crippen LogP contribution is -2.38. The summed E-state index contributed by atoms with van der Waals surface area (Å²) in [6, 6.07) is 10.5. The molecule has 2 aromatic carbocycles. The highest BCUT2D eigenvalue weighted by Crippen LogP contribution is 2.32. The van der Waals surface area contributed by atoms with Gasteiger partial charge in [-0.1, -0.05) is 17.7 Å². The number of hydrogen-bond donors (Lipinski definition) is 2. The summed E-state index contributed by atoms with van der Waals surface area (Å²) in [6.45, 7) is -0.105. The zero-order chi connectivity index (χ0) is 19.4. The number of carbonyl (C=O) groups excluding carboxylic acids is 2. The summed E-state index contributed by atoms with van der Waals surface area (Å²) in [6.07, 6.45) is 1.70. The standard InChI is InChI=1S/C20H21ClN2O4/c1-26-17-8-4-13(10-18(17)27-2)20(25)22-11-19(24)23-16-7-3-12-9-14(21)5-6-15(12)16/h4-6,8-10,16H,3,7,11H2,1-2H3,(H,22,25)(H,23,24). The molecule has 0 spiro atoms. The number of hydrogen-bond acceptors (Lipinski definition) is 4. The van der Waals surface area contributed by atoms with E-state index in [1.165, 1.54) is 14.2 Å². The van der Waals surface area contributed by atoms with E-state index < -0.39 is 0 Å². The number of ether oxygens (including phenoxy) is 2. The van der Waals surface area contributed by atoms with Crippen LogP contribution in [0, 0.1) is 0 Å². The number of rotatable bonds is 6. The van der Waals surface area contributed by atoms with Crippen LogP contribution in [0.2, 0.25) is 5.02 Å². The van der Waals surface area contributed by atoms with Gasteiger partial charge in [0.2, 0.25) is 5.91 Å². The van der Waals surface area contributed by atoms with Gasteiger partial charge in [0.1, 0.15) is 0 Å². The molecule has 2 amide bonds. The van der Waals surface area contributed by atoms with E-state index in [2.05, 4.69) is 10.6 Å². The molecular formula is C20H21ClN2O4. The van der Waals surface area contributed by atoms with Gasteiger partial charge >= 0.3 is 0 Å². The second kappa shape index (κ2) is 8.31. The SMILES string of the molecule is COc1ccc(C(=O)NCC(=O)NC2CCc3cc(Cl)ccc32)cc1OC. The number of benzene rings is 2. The van der Waals surface area contributed by atoms with E-state index in [0.29, 0.717) is 22.1 Å². The van der Waals surface area contributed by atoms with Gasteiger partial charge in [-0.2, -0.15) is 0 Å². The van der Waals surface area contributed by atoms with Crippen molar-refractivity contribution in [3.8, 4) is 11.5 Å². The molecule has 142 valence electrons. The highest BCUT2D eigenvalue weighted by molar-refractivity contribution is 6.30. The van der Waals surface area contributed by atoms with Crippen molar-refractivity contribution in [2.24, 2.45) is 0 Å². The maximum Gasteiger partial charge on any atom is 0.251 e. The maximum atomic E-state index is 12.3. The Kier molecular flexibility index (Phi) is 5.86. The molecule has 1 unspecified atom stereocenters. The van der Waals surface area contributed by atoms with Gasteiger partial charge in [0.15, 0.2) is 11.5 Å². The third-order valence-corrected chi connectivity index (χ3v) is 4.81. The molecule has 1 aliphatic carbocycles. The minimum absolute atomic E-state index is 0.0530. The highest BCUT2D eigenvalue weighted by Gasteiger charge is 2.24. The van der Waals surface area contributed by atoms with Crippen molar-refractivity contribution in [1.82, 2.24) is 10.6 Å². The zero-order valence-corrected chi connectivity index (χ0v) is 15.9. The van der Waals surface area contributed by atoms with Crippen LogP contribution in [0.25, 0.3) is 0 Å². The van der Waals surface area contributed by atoms with Crippen molar-refractivity contribution < 1.29 is 19.1 Å². The second-order valence-electron chi connectivity index (χ2n) is 6.25. The van der Waals surface area contributed by atoms with E-state index >= 15 is 0 Å². The van der Waals surface area contributed by atoms with Crippen molar-refractivity contribution in [3.63, 3.8) is 0 Å². The maximum absolute atomic E-state index is 12.3. The third-order valence-electron chi connectivity index (χ3n) is 4.57. The molecule has 3 rings (SSSR count). The summed E-state index contributed by atoms with van der Waals surface area (Å²) in [7, 11) is 3.02. The molecule has 0 aromatic heterocycles. The Labute approximate surface area is 162 Å². The molecule has 0 radical (unpaired) electrons. The minimum atomic E-state index is -0.357. The molecule has 1 atom stereocenters. The summed E-state index contributed by atoms with van der Waals surface area (Å²) in [5, 5.41) is 6.28. The first-order valence-electron chi connectivity index (χ1n) is 8.59. The van der Waals surface area contributed by atoms with Crippen LogP contribution in [-0.2, 0) is 11.2 Å². The molecule has 1 aliphatic rings. The lowest BCUT2D eigenvalue weighted by atomic mass is 10.1. The molecule has 7 heteroatoms. The molecule has 6 nitrogen and oxygen atoms in total. The van der Waals surface area contributed by atoms with Gasteiger partial charge in [0.25, 0.3) is 5.91 Å². The van der Waals surface area contributed by atoms with Crippen LogP contribution in [0.3, 0.4) is 0 Å². The molecule has 0 aliphatic heterocycles. The summed E-state index contributed by atoms with van der Waals surface area (Å²) in [5.74, 6) is 0.393. The van der Waals surface area contributed by atoms with Crippen molar-refractivity contribution in [2.75, 3.05) is 20.8 Å². The average Bonchev–Trinajstić information content (AvgIpc) is 3.07. The monoisotopic (exact) mass is 388 g/mol. The van der Waals surface area contributed by atoms with Crippen LogP contribution in [0.1, 0.15) is 33.9 Å². The van der Waals surface area contributed by atoms with Gasteiger partial charge in [-0.05, 0) is 54.3 Å². The first-order valence-corrected chi connectivity index (χ1v) is 8.97.